The van der Waals surface area contributed by atoms with Gasteiger partial charge in [-0.3, -0.25) is 4.90 Å². The minimum Gasteiger partial charge on any atom is -0.457 e. The summed E-state index contributed by atoms with van der Waals surface area (Å²) < 4.78 is 20.0. The van der Waals surface area contributed by atoms with E-state index in [0.29, 0.717) is 5.02 Å². The van der Waals surface area contributed by atoms with E-state index in [1.807, 2.05) is 18.2 Å². The van der Waals surface area contributed by atoms with E-state index < -0.39 is 0 Å². The first kappa shape index (κ1) is 21.3. The Kier molecular flexibility index (Phi) is 7.17. The van der Waals surface area contributed by atoms with Gasteiger partial charge in [-0.1, -0.05) is 11.6 Å². The van der Waals surface area contributed by atoms with Crippen LogP contribution in [0, 0.1) is 5.82 Å². The number of hydrogen-bond acceptors (Lipinski definition) is 3. The van der Waals surface area contributed by atoms with Gasteiger partial charge in [0.05, 0.1) is 0 Å². The van der Waals surface area contributed by atoms with Gasteiger partial charge in [0.25, 0.3) is 0 Å². The molecule has 1 fully saturated rings. The maximum atomic E-state index is 13.9. The number of rotatable bonds is 1. The molecule has 0 radical (unpaired) electrons. The SMILES string of the molecule is CN1CCN(C2Cc3cc(Cl)ccc3Oc3ccc(F)cc32)CC1.Cl.Cl. The molecule has 2 aromatic carbocycles. The van der Waals surface area contributed by atoms with Crippen molar-refractivity contribution in [2.45, 2.75) is 12.5 Å². The number of halogens is 4. The molecule has 0 N–H and O–H groups in total. The Morgan fingerprint density at radius 1 is 1.00 bits per heavy atom. The van der Waals surface area contributed by atoms with Crippen molar-refractivity contribution in [3.05, 3.63) is 58.4 Å². The van der Waals surface area contributed by atoms with E-state index in [1.165, 1.54) is 6.07 Å². The van der Waals surface area contributed by atoms with E-state index in [1.54, 1.807) is 12.1 Å². The van der Waals surface area contributed by atoms with Crippen LogP contribution in [0.5, 0.6) is 11.5 Å². The molecule has 2 aromatic rings. The second kappa shape index (κ2) is 8.77. The van der Waals surface area contributed by atoms with Crippen molar-refractivity contribution in [1.82, 2.24) is 9.80 Å². The van der Waals surface area contributed by atoms with Crippen molar-refractivity contribution in [2.24, 2.45) is 0 Å². The molecule has 2 heterocycles. The fraction of sp³-hybridized carbons (Fsp3) is 0.368. The summed E-state index contributed by atoms with van der Waals surface area (Å²) in [6, 6.07) is 10.6. The van der Waals surface area contributed by atoms with Crippen LogP contribution in [0.3, 0.4) is 0 Å². The molecule has 3 nitrogen and oxygen atoms in total. The van der Waals surface area contributed by atoms with Crippen LogP contribution in [0.1, 0.15) is 17.2 Å². The third-order valence-corrected chi connectivity index (χ3v) is 5.20. The number of benzene rings is 2. The summed E-state index contributed by atoms with van der Waals surface area (Å²) >= 11 is 6.18. The van der Waals surface area contributed by atoms with Gasteiger partial charge in [0.2, 0.25) is 0 Å². The highest BCUT2D eigenvalue weighted by atomic mass is 35.5. The van der Waals surface area contributed by atoms with E-state index in [2.05, 4.69) is 16.8 Å². The highest BCUT2D eigenvalue weighted by molar-refractivity contribution is 6.30. The molecule has 26 heavy (non-hydrogen) atoms. The molecule has 1 saturated heterocycles. The summed E-state index contributed by atoms with van der Waals surface area (Å²) in [6.07, 6.45) is 0.774. The summed E-state index contributed by atoms with van der Waals surface area (Å²) in [5, 5.41) is 0.701. The van der Waals surface area contributed by atoms with Crippen molar-refractivity contribution >= 4 is 36.4 Å². The maximum absolute atomic E-state index is 13.9. The van der Waals surface area contributed by atoms with E-state index >= 15 is 0 Å². The first-order valence-corrected chi connectivity index (χ1v) is 8.66. The van der Waals surface area contributed by atoms with Gasteiger partial charge in [0, 0.05) is 42.8 Å². The van der Waals surface area contributed by atoms with Crippen molar-refractivity contribution < 1.29 is 9.13 Å². The number of fused-ring (bicyclic) bond motifs is 2. The average molecular weight is 420 g/mol. The smallest absolute Gasteiger partial charge is 0.132 e. The lowest BCUT2D eigenvalue weighted by Crippen LogP contribution is -2.46. The van der Waals surface area contributed by atoms with E-state index in [0.717, 1.165) is 55.2 Å². The first-order valence-electron chi connectivity index (χ1n) is 8.28. The summed E-state index contributed by atoms with van der Waals surface area (Å²) in [6.45, 7) is 3.97. The third-order valence-electron chi connectivity index (χ3n) is 4.97. The zero-order chi connectivity index (χ0) is 16.7. The normalized spacial score (nSPS) is 19.9. The monoisotopic (exact) mass is 418 g/mol. The lowest BCUT2D eigenvalue weighted by Gasteiger charge is -2.38. The van der Waals surface area contributed by atoms with Gasteiger partial charge >= 0.3 is 0 Å². The maximum Gasteiger partial charge on any atom is 0.132 e. The van der Waals surface area contributed by atoms with Crippen LogP contribution in [-0.2, 0) is 6.42 Å². The second-order valence-electron chi connectivity index (χ2n) is 6.60. The third kappa shape index (κ3) is 4.26. The average Bonchev–Trinajstić information content (AvgIpc) is 2.72. The van der Waals surface area contributed by atoms with Gasteiger partial charge in [0.15, 0.2) is 0 Å². The molecule has 0 spiro atoms. The minimum absolute atomic E-state index is 0. The van der Waals surface area contributed by atoms with Crippen molar-refractivity contribution in [3.63, 3.8) is 0 Å². The van der Waals surface area contributed by atoms with Crippen LogP contribution < -0.4 is 4.74 Å². The van der Waals surface area contributed by atoms with Crippen LogP contribution >= 0.6 is 36.4 Å². The molecule has 0 aliphatic carbocycles. The Balaban J connectivity index is 0.00000121. The molecular formula is C19H22Cl3FN2O. The van der Waals surface area contributed by atoms with Gasteiger partial charge in [0.1, 0.15) is 17.3 Å². The fourth-order valence-corrected chi connectivity index (χ4v) is 3.77. The van der Waals surface area contributed by atoms with Gasteiger partial charge < -0.3 is 9.64 Å². The Labute approximate surface area is 170 Å². The second-order valence-corrected chi connectivity index (χ2v) is 7.03. The molecule has 0 saturated carbocycles. The number of ether oxygens (including phenoxy) is 1. The number of hydrogen-bond donors (Lipinski definition) is 0. The predicted octanol–water partition coefficient (Wildman–Crippen LogP) is 4.96. The molecule has 0 aromatic heterocycles. The zero-order valence-electron chi connectivity index (χ0n) is 14.5. The largest absolute Gasteiger partial charge is 0.457 e. The van der Waals surface area contributed by atoms with Crippen molar-refractivity contribution in [1.29, 1.82) is 0 Å². The zero-order valence-corrected chi connectivity index (χ0v) is 16.8. The minimum atomic E-state index is -0.222. The lowest BCUT2D eigenvalue weighted by molar-refractivity contribution is 0.111. The van der Waals surface area contributed by atoms with Crippen LogP contribution in [0.15, 0.2) is 36.4 Å². The van der Waals surface area contributed by atoms with Crippen LogP contribution in [-0.4, -0.2) is 43.0 Å². The van der Waals surface area contributed by atoms with Crippen LogP contribution in [0.4, 0.5) is 4.39 Å². The molecule has 2 aliphatic heterocycles. The Hall–Kier alpha value is -1.04. The predicted molar refractivity (Wildman–Crippen MR) is 108 cm³/mol. The molecule has 2 aliphatic rings. The van der Waals surface area contributed by atoms with Crippen LogP contribution in [0.25, 0.3) is 0 Å². The molecule has 4 rings (SSSR count). The molecule has 1 atom stereocenters. The van der Waals surface area contributed by atoms with Crippen molar-refractivity contribution in [2.75, 3.05) is 33.2 Å². The molecular weight excluding hydrogens is 398 g/mol. The topological polar surface area (TPSA) is 15.7 Å². The van der Waals surface area contributed by atoms with E-state index in [9.17, 15) is 4.39 Å². The number of likely N-dealkylation sites (N-methyl/N-ethyl adjacent to an activating group) is 1. The van der Waals surface area contributed by atoms with E-state index in [4.69, 9.17) is 16.3 Å². The summed E-state index contributed by atoms with van der Waals surface area (Å²) in [5.41, 5.74) is 2.00. The van der Waals surface area contributed by atoms with Gasteiger partial charge in [-0.05, 0) is 55.4 Å². The number of nitrogens with zero attached hydrogens (tertiary/aromatic N) is 2. The van der Waals surface area contributed by atoms with Crippen LogP contribution in [0.2, 0.25) is 5.02 Å². The summed E-state index contributed by atoms with van der Waals surface area (Å²) in [7, 11) is 2.14. The fourth-order valence-electron chi connectivity index (χ4n) is 3.58. The summed E-state index contributed by atoms with van der Waals surface area (Å²) in [5.74, 6) is 1.32. The van der Waals surface area contributed by atoms with Crippen molar-refractivity contribution in [3.8, 4) is 11.5 Å². The molecule has 1 unspecified atom stereocenters. The Morgan fingerprint density at radius 2 is 1.69 bits per heavy atom. The number of piperazine rings is 1. The Bertz CT molecular complexity index is 766. The highest BCUT2D eigenvalue weighted by Crippen LogP contribution is 2.42. The highest BCUT2D eigenvalue weighted by Gasteiger charge is 2.30. The van der Waals surface area contributed by atoms with E-state index in [-0.39, 0.29) is 36.7 Å². The summed E-state index contributed by atoms with van der Waals surface area (Å²) in [4.78, 5) is 4.75. The molecule has 0 bridgehead atoms. The quantitative estimate of drug-likeness (QED) is 0.650. The standard InChI is InChI=1S/C19H20ClFN2O.2ClH/c1-22-6-8-23(9-7-22)17-11-13-10-14(20)2-4-18(13)24-19-5-3-15(21)12-16(17)19;;/h2-5,10,12,17H,6-9,11H2,1H3;2*1H. The van der Waals surface area contributed by atoms with Gasteiger partial charge in [-0.2, -0.15) is 0 Å². The van der Waals surface area contributed by atoms with Gasteiger partial charge in [-0.15, -0.1) is 24.8 Å². The first-order chi connectivity index (χ1) is 11.6. The lowest BCUT2D eigenvalue weighted by atomic mass is 9.96. The molecule has 142 valence electrons. The van der Waals surface area contributed by atoms with Gasteiger partial charge in [-0.25, -0.2) is 4.39 Å². The molecule has 0 amide bonds. The Morgan fingerprint density at radius 3 is 2.42 bits per heavy atom. The molecule has 7 heteroatoms.